The van der Waals surface area contributed by atoms with Gasteiger partial charge in [-0.15, -0.1) is 0 Å². The van der Waals surface area contributed by atoms with Gasteiger partial charge in [-0.25, -0.2) is 0 Å². The summed E-state index contributed by atoms with van der Waals surface area (Å²) in [5.74, 6) is 0. The lowest BCUT2D eigenvalue weighted by Crippen LogP contribution is -2.05. The molecule has 1 N–H and O–H groups in total. The van der Waals surface area contributed by atoms with E-state index in [1.54, 1.807) is 6.07 Å². The predicted octanol–water partition coefficient (Wildman–Crippen LogP) is 3.82. The minimum absolute atomic E-state index is 0.125. The lowest BCUT2D eigenvalue weighted by atomic mass is 10.2. The number of halogens is 3. The summed E-state index contributed by atoms with van der Waals surface area (Å²) in [5.41, 5.74) is 0.682. The first-order chi connectivity index (χ1) is 6.58. The molecule has 72 valence electrons. The summed E-state index contributed by atoms with van der Waals surface area (Å²) in [6, 6.07) is 5.64. The third-order valence-electron chi connectivity index (χ3n) is 1.82. The van der Waals surface area contributed by atoms with Gasteiger partial charge in [-0.2, -0.15) is 0 Å². The standard InChI is InChI=1S/C9H4Br3NO/c10-5-1-4-2-7(12)9(14)13-8(4)6(11)3-5/h1-3H,(H,13,14). The Morgan fingerprint density at radius 2 is 1.71 bits per heavy atom. The number of nitrogens with one attached hydrogen (secondary N) is 1. The average molecular weight is 382 g/mol. The van der Waals surface area contributed by atoms with Crippen molar-refractivity contribution in [1.29, 1.82) is 0 Å². The molecule has 0 amide bonds. The van der Waals surface area contributed by atoms with Crippen molar-refractivity contribution >= 4 is 58.7 Å². The van der Waals surface area contributed by atoms with Crippen LogP contribution in [-0.2, 0) is 0 Å². The van der Waals surface area contributed by atoms with Crippen LogP contribution < -0.4 is 5.56 Å². The molecule has 1 aromatic heterocycles. The Labute approximate surface area is 105 Å². The van der Waals surface area contributed by atoms with Gasteiger partial charge in [0, 0.05) is 14.3 Å². The Bertz CT molecular complexity index is 562. The van der Waals surface area contributed by atoms with E-state index in [0.29, 0.717) is 4.47 Å². The van der Waals surface area contributed by atoms with Crippen LogP contribution in [0.4, 0.5) is 0 Å². The van der Waals surface area contributed by atoms with Crippen LogP contribution in [-0.4, -0.2) is 4.98 Å². The van der Waals surface area contributed by atoms with Crippen LogP contribution in [0.5, 0.6) is 0 Å². The zero-order valence-corrected chi connectivity index (χ0v) is 11.5. The molecule has 0 bridgehead atoms. The molecule has 0 aliphatic rings. The highest BCUT2D eigenvalue weighted by molar-refractivity contribution is 9.11. The number of hydrogen-bond donors (Lipinski definition) is 1. The van der Waals surface area contributed by atoms with Crippen molar-refractivity contribution in [3.8, 4) is 0 Å². The summed E-state index contributed by atoms with van der Waals surface area (Å²) in [6.45, 7) is 0. The number of fused-ring (bicyclic) bond motifs is 1. The maximum Gasteiger partial charge on any atom is 0.262 e. The number of pyridine rings is 1. The normalized spacial score (nSPS) is 10.8. The van der Waals surface area contributed by atoms with Crippen LogP contribution in [0.1, 0.15) is 0 Å². The molecular formula is C9H4Br3NO. The number of rotatable bonds is 0. The molecule has 0 saturated carbocycles. The number of H-pyrrole nitrogens is 1. The Kier molecular flexibility index (Phi) is 2.81. The van der Waals surface area contributed by atoms with Gasteiger partial charge in [-0.05, 0) is 50.1 Å². The van der Waals surface area contributed by atoms with Gasteiger partial charge in [-0.1, -0.05) is 15.9 Å². The van der Waals surface area contributed by atoms with Gasteiger partial charge in [0.2, 0.25) is 0 Å². The molecule has 2 aromatic rings. The topological polar surface area (TPSA) is 32.9 Å². The maximum absolute atomic E-state index is 11.3. The van der Waals surface area contributed by atoms with E-state index in [1.807, 2.05) is 12.1 Å². The highest BCUT2D eigenvalue weighted by Gasteiger charge is 2.04. The van der Waals surface area contributed by atoms with Gasteiger partial charge < -0.3 is 4.98 Å². The first kappa shape index (κ1) is 10.4. The summed E-state index contributed by atoms with van der Waals surface area (Å²) in [4.78, 5) is 14.1. The molecular weight excluding hydrogens is 378 g/mol. The first-order valence-electron chi connectivity index (χ1n) is 3.75. The molecule has 1 aromatic carbocycles. The molecule has 5 heteroatoms. The first-order valence-corrected chi connectivity index (χ1v) is 6.13. The van der Waals surface area contributed by atoms with Gasteiger partial charge in [0.25, 0.3) is 5.56 Å². The molecule has 0 unspecified atom stereocenters. The SMILES string of the molecule is O=c1[nH]c2c(Br)cc(Br)cc2cc1Br. The summed E-state index contributed by atoms with van der Waals surface area (Å²) in [5, 5.41) is 0.970. The van der Waals surface area contributed by atoms with E-state index in [4.69, 9.17) is 0 Å². The molecule has 0 saturated heterocycles. The molecule has 0 spiro atoms. The Morgan fingerprint density at radius 1 is 1.00 bits per heavy atom. The minimum atomic E-state index is -0.125. The highest BCUT2D eigenvalue weighted by atomic mass is 79.9. The summed E-state index contributed by atoms with van der Waals surface area (Å²) in [6.07, 6.45) is 0. The molecule has 1 heterocycles. The van der Waals surface area contributed by atoms with Crippen LogP contribution in [0.3, 0.4) is 0 Å². The van der Waals surface area contributed by atoms with Crippen LogP contribution in [0.15, 0.2) is 36.4 Å². The summed E-state index contributed by atoms with van der Waals surface area (Å²) in [7, 11) is 0. The second-order valence-corrected chi connectivity index (χ2v) is 5.42. The van der Waals surface area contributed by atoms with Gasteiger partial charge in [0.05, 0.1) is 9.99 Å². The fourth-order valence-corrected chi connectivity index (χ4v) is 2.92. The van der Waals surface area contributed by atoms with Crippen molar-refractivity contribution in [2.24, 2.45) is 0 Å². The Hall–Kier alpha value is -0.130. The average Bonchev–Trinajstić information content (AvgIpc) is 2.08. The number of aromatic nitrogens is 1. The molecule has 0 aliphatic carbocycles. The predicted molar refractivity (Wildman–Crippen MR) is 67.7 cm³/mol. The Morgan fingerprint density at radius 3 is 2.43 bits per heavy atom. The molecule has 2 rings (SSSR count). The molecule has 0 atom stereocenters. The molecule has 0 fully saturated rings. The van der Waals surface area contributed by atoms with Gasteiger partial charge >= 0.3 is 0 Å². The fourth-order valence-electron chi connectivity index (χ4n) is 1.21. The molecule has 0 aliphatic heterocycles. The van der Waals surface area contributed by atoms with Gasteiger partial charge in [0.15, 0.2) is 0 Å². The number of hydrogen-bond acceptors (Lipinski definition) is 1. The number of benzene rings is 1. The van der Waals surface area contributed by atoms with Crippen molar-refractivity contribution < 1.29 is 0 Å². The lowest BCUT2D eigenvalue weighted by Gasteiger charge is -2.02. The van der Waals surface area contributed by atoms with Crippen molar-refractivity contribution in [1.82, 2.24) is 4.98 Å². The smallest absolute Gasteiger partial charge is 0.262 e. The van der Waals surface area contributed by atoms with Crippen LogP contribution in [0, 0.1) is 0 Å². The van der Waals surface area contributed by atoms with E-state index in [9.17, 15) is 4.79 Å². The third-order valence-corrected chi connectivity index (χ3v) is 3.50. The second-order valence-electron chi connectivity index (χ2n) is 2.80. The Balaban J connectivity index is 2.96. The summed E-state index contributed by atoms with van der Waals surface area (Å²) >= 11 is 9.97. The van der Waals surface area contributed by atoms with Crippen LogP contribution in [0.25, 0.3) is 10.9 Å². The van der Waals surface area contributed by atoms with Crippen LogP contribution >= 0.6 is 47.8 Å². The lowest BCUT2D eigenvalue weighted by molar-refractivity contribution is 1.27. The minimum Gasteiger partial charge on any atom is -0.320 e. The zero-order chi connectivity index (χ0) is 10.3. The molecule has 14 heavy (non-hydrogen) atoms. The second kappa shape index (κ2) is 3.79. The van der Waals surface area contributed by atoms with E-state index >= 15 is 0 Å². The van der Waals surface area contributed by atoms with E-state index in [2.05, 4.69) is 52.8 Å². The zero-order valence-electron chi connectivity index (χ0n) is 6.77. The van der Waals surface area contributed by atoms with Crippen molar-refractivity contribution in [3.63, 3.8) is 0 Å². The fraction of sp³-hybridized carbons (Fsp3) is 0. The summed E-state index contributed by atoms with van der Waals surface area (Å²) < 4.78 is 2.37. The van der Waals surface area contributed by atoms with Crippen molar-refractivity contribution in [2.75, 3.05) is 0 Å². The van der Waals surface area contributed by atoms with E-state index in [-0.39, 0.29) is 5.56 Å². The van der Waals surface area contributed by atoms with E-state index in [0.717, 1.165) is 19.8 Å². The van der Waals surface area contributed by atoms with E-state index in [1.165, 1.54) is 0 Å². The monoisotopic (exact) mass is 379 g/mol. The molecule has 0 radical (unpaired) electrons. The molecule has 2 nitrogen and oxygen atoms in total. The van der Waals surface area contributed by atoms with E-state index < -0.39 is 0 Å². The van der Waals surface area contributed by atoms with Gasteiger partial charge in [0.1, 0.15) is 0 Å². The number of aromatic amines is 1. The maximum atomic E-state index is 11.3. The van der Waals surface area contributed by atoms with Crippen molar-refractivity contribution in [3.05, 3.63) is 42.0 Å². The largest absolute Gasteiger partial charge is 0.320 e. The van der Waals surface area contributed by atoms with Crippen LogP contribution in [0.2, 0.25) is 0 Å². The highest BCUT2D eigenvalue weighted by Crippen LogP contribution is 2.27. The van der Waals surface area contributed by atoms with Gasteiger partial charge in [-0.3, -0.25) is 4.79 Å². The van der Waals surface area contributed by atoms with Crippen molar-refractivity contribution in [2.45, 2.75) is 0 Å². The third kappa shape index (κ3) is 1.81. The quantitative estimate of drug-likeness (QED) is 0.739.